The second-order valence-electron chi connectivity index (χ2n) is 9.07. The van der Waals surface area contributed by atoms with Gasteiger partial charge < -0.3 is 15.1 Å². The second-order valence-corrected chi connectivity index (χ2v) is 9.07. The van der Waals surface area contributed by atoms with Gasteiger partial charge in [-0.05, 0) is 75.3 Å². The van der Waals surface area contributed by atoms with E-state index in [1.165, 1.54) is 6.42 Å². The summed E-state index contributed by atoms with van der Waals surface area (Å²) in [7, 11) is 0. The van der Waals surface area contributed by atoms with Crippen LogP contribution in [0.15, 0.2) is 42.5 Å². The van der Waals surface area contributed by atoms with Crippen LogP contribution in [0.1, 0.15) is 65.3 Å². The average molecular weight is 420 g/mol. The lowest BCUT2D eigenvalue weighted by atomic mass is 9.98. The number of nitrogens with zero attached hydrogens (tertiary/aromatic N) is 2. The number of aryl methyl sites for hydroxylation is 1. The molecule has 4 rings (SSSR count). The number of piperidine rings is 2. The molecular formula is C26H33N3O2. The summed E-state index contributed by atoms with van der Waals surface area (Å²) in [6, 6.07) is 13.3. The first kappa shape index (κ1) is 21.4. The predicted molar refractivity (Wildman–Crippen MR) is 126 cm³/mol. The zero-order valence-electron chi connectivity index (χ0n) is 18.7. The van der Waals surface area contributed by atoms with Gasteiger partial charge in [0.1, 0.15) is 0 Å². The highest BCUT2D eigenvalue weighted by Crippen LogP contribution is 2.30. The average Bonchev–Trinajstić information content (AvgIpc) is 2.80. The van der Waals surface area contributed by atoms with E-state index in [0.717, 1.165) is 63.1 Å². The third-order valence-corrected chi connectivity index (χ3v) is 6.57. The lowest BCUT2D eigenvalue weighted by Crippen LogP contribution is -2.39. The van der Waals surface area contributed by atoms with E-state index in [1.807, 2.05) is 54.3 Å². The summed E-state index contributed by atoms with van der Waals surface area (Å²) in [5.74, 6) is 0.598. The maximum absolute atomic E-state index is 13.5. The number of carbonyl (C=O) groups is 2. The van der Waals surface area contributed by atoms with Gasteiger partial charge in [-0.15, -0.1) is 0 Å². The van der Waals surface area contributed by atoms with Crippen LogP contribution >= 0.6 is 0 Å². The summed E-state index contributed by atoms with van der Waals surface area (Å²) in [6.45, 7) is 7.82. The van der Waals surface area contributed by atoms with E-state index in [2.05, 4.69) is 17.1 Å². The predicted octanol–water partition coefficient (Wildman–Crippen LogP) is 5.11. The molecule has 0 atom stereocenters. The summed E-state index contributed by atoms with van der Waals surface area (Å²) in [5, 5.41) is 2.98. The molecule has 2 aliphatic heterocycles. The molecule has 2 amide bonds. The number of carbonyl (C=O) groups excluding carboxylic acids is 2. The quantitative estimate of drug-likeness (QED) is 0.749. The largest absolute Gasteiger partial charge is 0.371 e. The molecule has 0 bridgehead atoms. The highest BCUT2D eigenvalue weighted by molar-refractivity contribution is 6.06. The smallest absolute Gasteiger partial charge is 0.256 e. The van der Waals surface area contributed by atoms with Gasteiger partial charge in [-0.25, -0.2) is 0 Å². The highest BCUT2D eigenvalue weighted by atomic mass is 16.2. The SMILES string of the molecule is Cc1ccc(C(=O)Nc2ccc(N3CCCCC3)c(C(=O)N3CCC(C)CC3)c2)cc1. The third kappa shape index (κ3) is 5.09. The Labute approximate surface area is 185 Å². The minimum atomic E-state index is -0.157. The summed E-state index contributed by atoms with van der Waals surface area (Å²) >= 11 is 0. The molecule has 31 heavy (non-hydrogen) atoms. The zero-order chi connectivity index (χ0) is 21.8. The van der Waals surface area contributed by atoms with Crippen LogP contribution in [0, 0.1) is 12.8 Å². The van der Waals surface area contributed by atoms with Crippen LogP contribution in [0.4, 0.5) is 11.4 Å². The van der Waals surface area contributed by atoms with Gasteiger partial charge in [0, 0.05) is 43.1 Å². The molecule has 2 saturated heterocycles. The molecule has 0 saturated carbocycles. The van der Waals surface area contributed by atoms with Gasteiger partial charge in [0.15, 0.2) is 0 Å². The molecule has 2 fully saturated rings. The molecule has 0 spiro atoms. The van der Waals surface area contributed by atoms with Gasteiger partial charge in [-0.2, -0.15) is 0 Å². The number of likely N-dealkylation sites (tertiary alicyclic amines) is 1. The van der Waals surface area contributed by atoms with Crippen molar-refractivity contribution in [2.75, 3.05) is 36.4 Å². The van der Waals surface area contributed by atoms with Gasteiger partial charge in [-0.3, -0.25) is 9.59 Å². The van der Waals surface area contributed by atoms with Crippen LogP contribution in [0.2, 0.25) is 0 Å². The molecule has 5 heteroatoms. The fraction of sp³-hybridized carbons (Fsp3) is 0.462. The number of benzene rings is 2. The molecule has 0 unspecified atom stereocenters. The molecule has 0 radical (unpaired) electrons. The normalized spacial score (nSPS) is 17.5. The van der Waals surface area contributed by atoms with Gasteiger partial charge in [0.05, 0.1) is 5.56 Å². The fourth-order valence-electron chi connectivity index (χ4n) is 4.49. The van der Waals surface area contributed by atoms with E-state index in [0.29, 0.717) is 22.7 Å². The molecule has 0 aliphatic carbocycles. The minimum Gasteiger partial charge on any atom is -0.371 e. The van der Waals surface area contributed by atoms with Crippen molar-refractivity contribution in [2.24, 2.45) is 5.92 Å². The van der Waals surface area contributed by atoms with Gasteiger partial charge >= 0.3 is 0 Å². The molecule has 5 nitrogen and oxygen atoms in total. The number of hydrogen-bond acceptors (Lipinski definition) is 3. The van der Waals surface area contributed by atoms with Crippen LogP contribution in [-0.2, 0) is 0 Å². The highest BCUT2D eigenvalue weighted by Gasteiger charge is 2.26. The molecule has 2 aromatic rings. The molecule has 2 aliphatic rings. The Bertz CT molecular complexity index is 924. The van der Waals surface area contributed by atoms with Gasteiger partial charge in [0.2, 0.25) is 0 Å². The summed E-state index contributed by atoms with van der Waals surface area (Å²) in [4.78, 5) is 30.5. The van der Waals surface area contributed by atoms with Crippen molar-refractivity contribution in [1.82, 2.24) is 4.90 Å². The van der Waals surface area contributed by atoms with Crippen molar-refractivity contribution in [1.29, 1.82) is 0 Å². The number of hydrogen-bond donors (Lipinski definition) is 1. The van der Waals surface area contributed by atoms with Crippen molar-refractivity contribution in [3.63, 3.8) is 0 Å². The van der Waals surface area contributed by atoms with Crippen LogP contribution in [0.5, 0.6) is 0 Å². The second kappa shape index (κ2) is 9.54. The maximum atomic E-state index is 13.5. The van der Waals surface area contributed by atoms with E-state index < -0.39 is 0 Å². The number of amides is 2. The molecule has 1 N–H and O–H groups in total. The van der Waals surface area contributed by atoms with Crippen molar-refractivity contribution >= 4 is 23.2 Å². The standard InChI is InChI=1S/C26H33N3O2/c1-19-6-8-21(9-7-19)25(30)27-22-10-11-24(28-14-4-3-5-15-28)23(18-22)26(31)29-16-12-20(2)13-17-29/h6-11,18,20H,3-5,12-17H2,1-2H3,(H,27,30). The topological polar surface area (TPSA) is 52.7 Å². The van der Waals surface area contributed by atoms with Crippen molar-refractivity contribution in [3.05, 3.63) is 59.2 Å². The van der Waals surface area contributed by atoms with Crippen LogP contribution < -0.4 is 10.2 Å². The molecular weight excluding hydrogens is 386 g/mol. The maximum Gasteiger partial charge on any atom is 0.256 e. The first-order valence-electron chi connectivity index (χ1n) is 11.6. The summed E-state index contributed by atoms with van der Waals surface area (Å²) in [5.41, 5.74) is 4.10. The zero-order valence-corrected chi connectivity index (χ0v) is 18.7. The molecule has 164 valence electrons. The Morgan fingerprint density at radius 1 is 0.903 bits per heavy atom. The monoisotopic (exact) mass is 419 g/mol. The van der Waals surface area contributed by atoms with Gasteiger partial charge in [0.25, 0.3) is 11.8 Å². The van der Waals surface area contributed by atoms with E-state index in [9.17, 15) is 9.59 Å². The van der Waals surface area contributed by atoms with E-state index in [-0.39, 0.29) is 11.8 Å². The first-order chi connectivity index (χ1) is 15.0. The van der Waals surface area contributed by atoms with E-state index in [1.54, 1.807) is 0 Å². The fourth-order valence-corrected chi connectivity index (χ4v) is 4.49. The van der Waals surface area contributed by atoms with Gasteiger partial charge in [-0.1, -0.05) is 24.6 Å². The van der Waals surface area contributed by atoms with Crippen molar-refractivity contribution in [2.45, 2.75) is 46.0 Å². The van der Waals surface area contributed by atoms with E-state index in [4.69, 9.17) is 0 Å². The Morgan fingerprint density at radius 2 is 1.58 bits per heavy atom. The lowest BCUT2D eigenvalue weighted by Gasteiger charge is -2.34. The first-order valence-corrected chi connectivity index (χ1v) is 11.6. The Kier molecular flexibility index (Phi) is 6.59. The number of rotatable bonds is 4. The third-order valence-electron chi connectivity index (χ3n) is 6.57. The Hall–Kier alpha value is -2.82. The van der Waals surface area contributed by atoms with Crippen molar-refractivity contribution < 1.29 is 9.59 Å². The summed E-state index contributed by atoms with van der Waals surface area (Å²) < 4.78 is 0. The lowest BCUT2D eigenvalue weighted by molar-refractivity contribution is 0.0697. The van der Waals surface area contributed by atoms with Crippen molar-refractivity contribution in [3.8, 4) is 0 Å². The molecule has 2 heterocycles. The number of nitrogens with one attached hydrogen (secondary N) is 1. The van der Waals surface area contributed by atoms with Crippen LogP contribution in [-0.4, -0.2) is 42.9 Å². The molecule has 0 aromatic heterocycles. The Morgan fingerprint density at radius 3 is 2.26 bits per heavy atom. The summed E-state index contributed by atoms with van der Waals surface area (Å²) in [6.07, 6.45) is 5.65. The Balaban J connectivity index is 1.60. The number of anilines is 2. The van der Waals surface area contributed by atoms with Crippen LogP contribution in [0.25, 0.3) is 0 Å². The van der Waals surface area contributed by atoms with E-state index >= 15 is 0 Å². The van der Waals surface area contributed by atoms with Crippen LogP contribution in [0.3, 0.4) is 0 Å². The minimum absolute atomic E-state index is 0.0823. The molecule has 2 aromatic carbocycles.